The predicted octanol–water partition coefficient (Wildman–Crippen LogP) is 2.25. The first kappa shape index (κ1) is 13.3. The van der Waals surface area contributed by atoms with Crippen molar-refractivity contribution in [2.75, 3.05) is 26.8 Å². The molecule has 1 aliphatic carbocycles. The number of hydrogen-bond acceptors (Lipinski definition) is 3. The van der Waals surface area contributed by atoms with Gasteiger partial charge >= 0.3 is 0 Å². The Morgan fingerprint density at radius 1 is 1.61 bits per heavy atom. The first-order valence-corrected chi connectivity index (χ1v) is 6.76. The van der Waals surface area contributed by atoms with E-state index in [1.807, 2.05) is 12.5 Å². The summed E-state index contributed by atoms with van der Waals surface area (Å²) in [5.74, 6) is 0. The van der Waals surface area contributed by atoms with Crippen LogP contribution in [0.15, 0.2) is 18.1 Å². The Morgan fingerprint density at radius 2 is 2.44 bits per heavy atom. The monoisotopic (exact) mass is 249 g/mol. The van der Waals surface area contributed by atoms with Crippen LogP contribution in [0.3, 0.4) is 0 Å². The van der Waals surface area contributed by atoms with E-state index in [1.165, 1.54) is 24.1 Å². The Kier molecular flexibility index (Phi) is 4.96. The second-order valence-corrected chi connectivity index (χ2v) is 4.78. The van der Waals surface area contributed by atoms with Crippen molar-refractivity contribution in [2.45, 2.75) is 32.2 Å². The van der Waals surface area contributed by atoms with Crippen molar-refractivity contribution < 1.29 is 4.74 Å². The smallest absolute Gasteiger partial charge is 0.0953 e. The summed E-state index contributed by atoms with van der Waals surface area (Å²) < 4.78 is 7.32. The topological polar surface area (TPSA) is 39.1 Å². The van der Waals surface area contributed by atoms with Crippen LogP contribution in [0.5, 0.6) is 0 Å². The van der Waals surface area contributed by atoms with E-state index in [-0.39, 0.29) is 0 Å². The van der Waals surface area contributed by atoms with Crippen LogP contribution >= 0.6 is 0 Å². The second kappa shape index (κ2) is 6.71. The Morgan fingerprint density at radius 3 is 3.11 bits per heavy atom. The molecule has 100 valence electrons. The average Bonchev–Trinajstić information content (AvgIpc) is 3.13. The third-order valence-electron chi connectivity index (χ3n) is 3.28. The number of ether oxygens (including phenoxy) is 1. The molecule has 1 aromatic rings. The first-order valence-electron chi connectivity index (χ1n) is 6.76. The zero-order chi connectivity index (χ0) is 12.8. The first-order chi connectivity index (χ1) is 8.85. The van der Waals surface area contributed by atoms with E-state index in [4.69, 9.17) is 4.74 Å². The van der Waals surface area contributed by atoms with Gasteiger partial charge in [-0.15, -0.1) is 0 Å². The molecule has 1 fully saturated rings. The molecule has 0 amide bonds. The molecule has 18 heavy (non-hydrogen) atoms. The molecular formula is C14H23N3O. The zero-order valence-corrected chi connectivity index (χ0v) is 11.4. The van der Waals surface area contributed by atoms with E-state index < -0.39 is 0 Å². The van der Waals surface area contributed by atoms with Crippen molar-refractivity contribution in [3.05, 3.63) is 23.8 Å². The Hall–Kier alpha value is -1.13. The van der Waals surface area contributed by atoms with Crippen LogP contribution in [0.1, 0.15) is 37.9 Å². The lowest BCUT2D eigenvalue weighted by molar-refractivity contribution is 0.200. The number of aromatic nitrogens is 2. The van der Waals surface area contributed by atoms with E-state index in [9.17, 15) is 0 Å². The Bertz CT molecular complexity index is 393. The minimum Gasteiger partial charge on any atom is -0.383 e. The normalized spacial score (nSPS) is 16.2. The zero-order valence-electron chi connectivity index (χ0n) is 11.4. The number of nitrogens with one attached hydrogen (secondary N) is 1. The minimum absolute atomic E-state index is 0.693. The molecule has 0 aromatic carbocycles. The van der Waals surface area contributed by atoms with Gasteiger partial charge in [0.05, 0.1) is 24.8 Å². The van der Waals surface area contributed by atoms with Crippen LogP contribution in [-0.4, -0.2) is 36.4 Å². The van der Waals surface area contributed by atoms with E-state index in [1.54, 1.807) is 7.11 Å². The average molecular weight is 249 g/mol. The number of methoxy groups -OCH3 is 1. The highest BCUT2D eigenvalue weighted by atomic mass is 16.5. The van der Waals surface area contributed by atoms with Gasteiger partial charge in [0, 0.05) is 26.2 Å². The molecule has 0 saturated heterocycles. The minimum atomic E-state index is 0.693. The number of rotatable bonds is 8. The van der Waals surface area contributed by atoms with Crippen molar-refractivity contribution in [1.82, 2.24) is 14.9 Å². The van der Waals surface area contributed by atoms with Gasteiger partial charge in [-0.05, 0) is 25.3 Å². The fourth-order valence-electron chi connectivity index (χ4n) is 1.99. The largest absolute Gasteiger partial charge is 0.383 e. The summed E-state index contributed by atoms with van der Waals surface area (Å²) in [6.07, 6.45) is 9.84. The molecule has 0 aliphatic heterocycles. The fraction of sp³-hybridized carbons (Fsp3) is 0.643. The summed E-state index contributed by atoms with van der Waals surface area (Å²) in [6.45, 7) is 4.78. The van der Waals surface area contributed by atoms with Gasteiger partial charge in [0.25, 0.3) is 0 Å². The molecule has 1 aliphatic rings. The molecule has 0 bridgehead atoms. The lowest BCUT2D eigenvalue weighted by atomic mass is 10.1. The number of nitrogens with zero attached hydrogens (tertiary/aromatic N) is 2. The van der Waals surface area contributed by atoms with E-state index in [2.05, 4.69) is 27.9 Å². The Labute approximate surface area is 109 Å². The lowest BCUT2D eigenvalue weighted by Crippen LogP contribution is -2.21. The van der Waals surface area contributed by atoms with Gasteiger partial charge in [-0.1, -0.05) is 12.5 Å². The van der Waals surface area contributed by atoms with Gasteiger partial charge < -0.3 is 14.6 Å². The van der Waals surface area contributed by atoms with Crippen molar-refractivity contribution in [2.24, 2.45) is 0 Å². The van der Waals surface area contributed by atoms with Gasteiger partial charge in [0.1, 0.15) is 0 Å². The van der Waals surface area contributed by atoms with Gasteiger partial charge in [0.2, 0.25) is 0 Å². The van der Waals surface area contributed by atoms with Crippen LogP contribution in [0, 0.1) is 0 Å². The van der Waals surface area contributed by atoms with Gasteiger partial charge in [-0.2, -0.15) is 0 Å². The predicted molar refractivity (Wildman–Crippen MR) is 73.5 cm³/mol. The van der Waals surface area contributed by atoms with E-state index >= 15 is 0 Å². The summed E-state index contributed by atoms with van der Waals surface area (Å²) in [7, 11) is 1.73. The summed E-state index contributed by atoms with van der Waals surface area (Å²) in [5.41, 5.74) is 2.65. The molecule has 0 atom stereocenters. The maximum atomic E-state index is 5.03. The molecule has 1 saturated carbocycles. The van der Waals surface area contributed by atoms with Crippen molar-refractivity contribution >= 4 is 6.08 Å². The highest BCUT2D eigenvalue weighted by Crippen LogP contribution is 2.36. The van der Waals surface area contributed by atoms with E-state index in [0.717, 1.165) is 26.1 Å². The summed E-state index contributed by atoms with van der Waals surface area (Å²) in [4.78, 5) is 4.26. The van der Waals surface area contributed by atoms with Crippen molar-refractivity contribution in [1.29, 1.82) is 0 Å². The SMILES string of the molecule is CCC(=Cc1cncn1C1CC1)CNCCOC. The number of imidazole rings is 1. The molecule has 2 rings (SSSR count). The Balaban J connectivity index is 1.92. The van der Waals surface area contributed by atoms with Crippen LogP contribution < -0.4 is 5.32 Å². The summed E-state index contributed by atoms with van der Waals surface area (Å²) in [6, 6.07) is 0.693. The molecular weight excluding hydrogens is 226 g/mol. The maximum Gasteiger partial charge on any atom is 0.0953 e. The fourth-order valence-corrected chi connectivity index (χ4v) is 1.99. The van der Waals surface area contributed by atoms with Crippen LogP contribution in [-0.2, 0) is 4.74 Å². The quantitative estimate of drug-likeness (QED) is 0.718. The molecule has 1 heterocycles. The molecule has 0 radical (unpaired) electrons. The molecule has 0 spiro atoms. The molecule has 1 aromatic heterocycles. The molecule has 0 unspecified atom stereocenters. The van der Waals surface area contributed by atoms with Gasteiger partial charge in [-0.25, -0.2) is 4.98 Å². The lowest BCUT2D eigenvalue weighted by Gasteiger charge is -2.08. The highest BCUT2D eigenvalue weighted by molar-refractivity contribution is 5.49. The van der Waals surface area contributed by atoms with Crippen LogP contribution in [0.25, 0.3) is 6.08 Å². The molecule has 4 nitrogen and oxygen atoms in total. The maximum absolute atomic E-state index is 5.03. The van der Waals surface area contributed by atoms with Crippen molar-refractivity contribution in [3.8, 4) is 0 Å². The summed E-state index contributed by atoms with van der Waals surface area (Å²) >= 11 is 0. The van der Waals surface area contributed by atoms with Gasteiger partial charge in [-0.3, -0.25) is 0 Å². The van der Waals surface area contributed by atoms with Crippen LogP contribution in [0.4, 0.5) is 0 Å². The number of hydrogen-bond donors (Lipinski definition) is 1. The highest BCUT2D eigenvalue weighted by Gasteiger charge is 2.24. The van der Waals surface area contributed by atoms with Gasteiger partial charge in [0.15, 0.2) is 0 Å². The molecule has 1 N–H and O–H groups in total. The third kappa shape index (κ3) is 3.68. The second-order valence-electron chi connectivity index (χ2n) is 4.78. The van der Waals surface area contributed by atoms with Crippen molar-refractivity contribution in [3.63, 3.8) is 0 Å². The standard InChI is InChI=1S/C14H23N3O/c1-3-12(9-15-6-7-18-2)8-14-10-16-11-17(14)13-4-5-13/h8,10-11,13,15H,3-7,9H2,1-2H3. The van der Waals surface area contributed by atoms with Crippen LogP contribution in [0.2, 0.25) is 0 Å². The third-order valence-corrected chi connectivity index (χ3v) is 3.28. The molecule has 4 heteroatoms. The van der Waals surface area contributed by atoms with E-state index in [0.29, 0.717) is 6.04 Å². The summed E-state index contributed by atoms with van der Waals surface area (Å²) in [5, 5.41) is 3.39.